The van der Waals surface area contributed by atoms with Gasteiger partial charge in [0.25, 0.3) is 0 Å². The topological polar surface area (TPSA) is 84.9 Å². The second-order valence-corrected chi connectivity index (χ2v) is 5.53. The molecule has 0 radical (unpaired) electrons. The third kappa shape index (κ3) is 4.91. The molecule has 1 fully saturated rings. The number of hydrogen-bond donors (Lipinski definition) is 2. The van der Waals surface area contributed by atoms with E-state index in [4.69, 9.17) is 9.47 Å². The minimum atomic E-state index is -0.585. The summed E-state index contributed by atoms with van der Waals surface area (Å²) in [6.45, 7) is 6.59. The van der Waals surface area contributed by atoms with Crippen molar-refractivity contribution >= 4 is 12.1 Å². The Kier molecular flexibility index (Phi) is 4.56. The lowest BCUT2D eigenvalue weighted by Gasteiger charge is -2.24. The molecule has 0 bridgehead atoms. The van der Waals surface area contributed by atoms with Crippen LogP contribution in [0.1, 0.15) is 40.5 Å². The van der Waals surface area contributed by atoms with Gasteiger partial charge in [-0.2, -0.15) is 0 Å². The summed E-state index contributed by atoms with van der Waals surface area (Å²) in [7, 11) is 0. The van der Waals surface area contributed by atoms with E-state index < -0.39 is 35.9 Å². The molecule has 0 aromatic carbocycles. The molecular formula is C12H21NO5. The van der Waals surface area contributed by atoms with Gasteiger partial charge in [-0.1, -0.05) is 0 Å². The van der Waals surface area contributed by atoms with Gasteiger partial charge in [-0.15, -0.1) is 0 Å². The summed E-state index contributed by atoms with van der Waals surface area (Å²) in [5, 5.41) is 12.2. The van der Waals surface area contributed by atoms with Crippen LogP contribution in [0, 0.1) is 0 Å². The summed E-state index contributed by atoms with van der Waals surface area (Å²) in [5.41, 5.74) is -0.585. The lowest BCUT2D eigenvalue weighted by atomic mass is 10.2. The third-order valence-corrected chi connectivity index (χ3v) is 2.50. The van der Waals surface area contributed by atoms with Crippen molar-refractivity contribution in [3.8, 4) is 0 Å². The van der Waals surface area contributed by atoms with E-state index >= 15 is 0 Å². The lowest BCUT2D eigenvalue weighted by molar-refractivity contribution is -0.147. The zero-order valence-electron chi connectivity index (χ0n) is 11.2. The van der Waals surface area contributed by atoms with Gasteiger partial charge < -0.3 is 19.9 Å². The molecule has 1 saturated carbocycles. The maximum Gasteiger partial charge on any atom is 0.408 e. The van der Waals surface area contributed by atoms with Crippen molar-refractivity contribution in [1.82, 2.24) is 5.32 Å². The second-order valence-electron chi connectivity index (χ2n) is 5.53. The first-order valence-corrected chi connectivity index (χ1v) is 6.02. The number of aliphatic hydroxyl groups is 1. The summed E-state index contributed by atoms with van der Waals surface area (Å²) in [5.74, 6) is -0.426. The minimum absolute atomic E-state index is 0.333. The Hall–Kier alpha value is -1.30. The number of ether oxygens (including phenoxy) is 2. The van der Waals surface area contributed by atoms with Gasteiger partial charge in [0, 0.05) is 13.3 Å². The van der Waals surface area contributed by atoms with Gasteiger partial charge in [0.15, 0.2) is 0 Å². The van der Waals surface area contributed by atoms with Gasteiger partial charge in [0.05, 0.1) is 12.1 Å². The summed E-state index contributed by atoms with van der Waals surface area (Å²) in [6.07, 6.45) is -0.949. The molecular weight excluding hydrogens is 238 g/mol. The fraction of sp³-hybridized carbons (Fsp3) is 0.833. The monoisotopic (exact) mass is 259 g/mol. The number of nitrogens with one attached hydrogen (secondary N) is 1. The van der Waals surface area contributed by atoms with Crippen LogP contribution in [0.2, 0.25) is 0 Å². The molecule has 0 heterocycles. The van der Waals surface area contributed by atoms with Crippen LogP contribution in [0.5, 0.6) is 0 Å². The average Bonchev–Trinajstić information content (AvgIpc) is 2.41. The molecule has 1 aliphatic carbocycles. The van der Waals surface area contributed by atoms with E-state index in [-0.39, 0.29) is 0 Å². The normalized spacial score (nSPS) is 27.7. The molecule has 3 atom stereocenters. The molecule has 18 heavy (non-hydrogen) atoms. The predicted octanol–water partition coefficient (Wildman–Crippen LogP) is 0.966. The molecule has 104 valence electrons. The number of amides is 1. The van der Waals surface area contributed by atoms with Crippen LogP contribution >= 0.6 is 0 Å². The third-order valence-electron chi connectivity index (χ3n) is 2.50. The van der Waals surface area contributed by atoms with Crippen molar-refractivity contribution in [2.24, 2.45) is 0 Å². The van der Waals surface area contributed by atoms with Gasteiger partial charge >= 0.3 is 12.1 Å². The average molecular weight is 259 g/mol. The Morgan fingerprint density at radius 2 is 1.89 bits per heavy atom. The number of esters is 1. The molecule has 0 aromatic heterocycles. The molecule has 1 rings (SSSR count). The van der Waals surface area contributed by atoms with Crippen molar-refractivity contribution in [3.05, 3.63) is 0 Å². The molecule has 1 aliphatic rings. The van der Waals surface area contributed by atoms with Crippen molar-refractivity contribution in [2.45, 2.75) is 64.4 Å². The molecule has 0 aliphatic heterocycles. The van der Waals surface area contributed by atoms with Crippen LogP contribution in [0.15, 0.2) is 0 Å². The molecule has 3 unspecified atom stereocenters. The summed E-state index contributed by atoms with van der Waals surface area (Å²) in [6, 6.07) is -0.404. The first-order valence-electron chi connectivity index (χ1n) is 6.02. The van der Waals surface area contributed by atoms with Crippen LogP contribution < -0.4 is 5.32 Å². The number of hydrogen-bond acceptors (Lipinski definition) is 5. The number of rotatable bonds is 2. The van der Waals surface area contributed by atoms with Gasteiger partial charge in [0.2, 0.25) is 0 Å². The predicted molar refractivity (Wildman–Crippen MR) is 64.0 cm³/mol. The fourth-order valence-corrected chi connectivity index (χ4v) is 1.93. The Bertz CT molecular complexity index is 323. The zero-order valence-corrected chi connectivity index (χ0v) is 11.2. The lowest BCUT2D eigenvalue weighted by Crippen LogP contribution is -2.44. The van der Waals surface area contributed by atoms with E-state index in [0.717, 1.165) is 0 Å². The summed E-state index contributed by atoms with van der Waals surface area (Å²) in [4.78, 5) is 22.5. The van der Waals surface area contributed by atoms with Gasteiger partial charge in [-0.3, -0.25) is 4.79 Å². The molecule has 0 saturated heterocycles. The minimum Gasteiger partial charge on any atom is -0.460 e. The number of carbonyl (C=O) groups is 2. The highest BCUT2D eigenvalue weighted by Gasteiger charge is 2.37. The van der Waals surface area contributed by atoms with Crippen molar-refractivity contribution in [2.75, 3.05) is 0 Å². The van der Waals surface area contributed by atoms with E-state index in [1.807, 2.05) is 0 Å². The highest BCUT2D eigenvalue weighted by molar-refractivity contribution is 5.69. The van der Waals surface area contributed by atoms with Crippen LogP contribution in [-0.2, 0) is 14.3 Å². The highest BCUT2D eigenvalue weighted by atomic mass is 16.6. The van der Waals surface area contributed by atoms with E-state index in [1.165, 1.54) is 6.92 Å². The Morgan fingerprint density at radius 1 is 1.28 bits per heavy atom. The standard InChI is InChI=1S/C12H21NO5/c1-7(14)17-10-6-8(15)5-9(10)13-11(16)18-12(2,3)4/h8-10,15H,5-6H2,1-4H3,(H,13,16). The van der Waals surface area contributed by atoms with Crippen LogP contribution in [-0.4, -0.2) is 41.0 Å². The van der Waals surface area contributed by atoms with Crippen molar-refractivity contribution < 1.29 is 24.2 Å². The fourth-order valence-electron chi connectivity index (χ4n) is 1.93. The zero-order chi connectivity index (χ0) is 13.9. The van der Waals surface area contributed by atoms with Crippen molar-refractivity contribution in [3.63, 3.8) is 0 Å². The van der Waals surface area contributed by atoms with Crippen LogP contribution in [0.3, 0.4) is 0 Å². The second kappa shape index (κ2) is 5.56. The first kappa shape index (κ1) is 14.8. The van der Waals surface area contributed by atoms with E-state index in [9.17, 15) is 14.7 Å². The molecule has 1 amide bonds. The molecule has 6 nitrogen and oxygen atoms in total. The smallest absolute Gasteiger partial charge is 0.408 e. The van der Waals surface area contributed by atoms with Crippen molar-refractivity contribution in [1.29, 1.82) is 0 Å². The maximum absolute atomic E-state index is 11.6. The number of carbonyl (C=O) groups excluding carboxylic acids is 2. The highest BCUT2D eigenvalue weighted by Crippen LogP contribution is 2.23. The quantitative estimate of drug-likeness (QED) is 0.722. The molecule has 2 N–H and O–H groups in total. The number of alkyl carbamates (subject to hydrolysis) is 1. The Balaban J connectivity index is 2.53. The maximum atomic E-state index is 11.6. The summed E-state index contributed by atoms with van der Waals surface area (Å²) < 4.78 is 10.2. The molecule has 0 spiro atoms. The molecule has 0 aromatic rings. The Labute approximate surface area is 107 Å². The Morgan fingerprint density at radius 3 is 2.39 bits per heavy atom. The first-order chi connectivity index (χ1) is 8.17. The largest absolute Gasteiger partial charge is 0.460 e. The van der Waals surface area contributed by atoms with Gasteiger partial charge in [-0.05, 0) is 27.2 Å². The van der Waals surface area contributed by atoms with E-state index in [1.54, 1.807) is 20.8 Å². The SMILES string of the molecule is CC(=O)OC1CC(O)CC1NC(=O)OC(C)(C)C. The van der Waals surface area contributed by atoms with Crippen LogP contribution in [0.4, 0.5) is 4.79 Å². The van der Waals surface area contributed by atoms with Gasteiger partial charge in [-0.25, -0.2) is 4.79 Å². The number of aliphatic hydroxyl groups excluding tert-OH is 1. The van der Waals surface area contributed by atoms with Crippen LogP contribution in [0.25, 0.3) is 0 Å². The van der Waals surface area contributed by atoms with E-state index in [0.29, 0.717) is 12.8 Å². The molecule has 6 heteroatoms. The van der Waals surface area contributed by atoms with Gasteiger partial charge in [0.1, 0.15) is 11.7 Å². The summed E-state index contributed by atoms with van der Waals surface area (Å²) >= 11 is 0. The van der Waals surface area contributed by atoms with E-state index in [2.05, 4.69) is 5.32 Å².